The zero-order chi connectivity index (χ0) is 24.4. The van der Waals surface area contributed by atoms with E-state index < -0.39 is 12.2 Å². The number of hydrogen-bond acceptors (Lipinski definition) is 9. The number of aromatic nitrogens is 1. The van der Waals surface area contributed by atoms with Crippen LogP contribution < -0.4 is 15.5 Å². The largest absolute Gasteiger partial charge is 0.494 e. The van der Waals surface area contributed by atoms with Crippen molar-refractivity contribution in [1.82, 2.24) is 20.7 Å². The van der Waals surface area contributed by atoms with Crippen LogP contribution in [0.4, 0.5) is 0 Å². The summed E-state index contributed by atoms with van der Waals surface area (Å²) in [5, 5.41) is 14.7. The highest BCUT2D eigenvalue weighted by Crippen LogP contribution is 2.38. The van der Waals surface area contributed by atoms with Gasteiger partial charge in [0, 0.05) is 7.11 Å². The lowest BCUT2D eigenvalue weighted by Crippen LogP contribution is -2.55. The van der Waals surface area contributed by atoms with E-state index in [-0.39, 0.29) is 29.9 Å². The van der Waals surface area contributed by atoms with Crippen LogP contribution in [-0.4, -0.2) is 62.1 Å². The number of nitrogens with zero attached hydrogens (tertiary/aromatic N) is 3. The van der Waals surface area contributed by atoms with Crippen LogP contribution in [0.3, 0.4) is 0 Å². The first-order chi connectivity index (χ1) is 17.2. The topological polar surface area (TPSA) is 122 Å². The third kappa shape index (κ3) is 4.10. The van der Waals surface area contributed by atoms with Crippen molar-refractivity contribution in [2.45, 2.75) is 18.1 Å². The highest BCUT2D eigenvalue weighted by molar-refractivity contribution is 6.20. The number of benzene rings is 2. The molecule has 0 bridgehead atoms. The molecular formula is C25H25N5O5. The molecule has 180 valence electrons. The Bertz CT molecular complexity index is 1300. The molecule has 1 aromatic heterocycles. The molecule has 0 aliphatic carbocycles. The van der Waals surface area contributed by atoms with Gasteiger partial charge in [0.15, 0.2) is 11.1 Å². The summed E-state index contributed by atoms with van der Waals surface area (Å²) in [6, 6.07) is 16.7. The molecule has 2 aliphatic rings. The molecule has 2 N–H and O–H groups in total. The molecule has 3 aromatic rings. The van der Waals surface area contributed by atoms with Crippen molar-refractivity contribution in [1.29, 1.82) is 5.26 Å². The Balaban J connectivity index is 1.57. The summed E-state index contributed by atoms with van der Waals surface area (Å²) in [7, 11) is 3.14. The standard InChI is InChI=1S/C25H25N5O5/c1-32-11-12-34-14-17-21(24-28-22-18(33-2)9-6-10-19(22)35-24)25(31)30-23(27-17)20(16(13-26)29-30)15-7-4-3-5-8-15/h3-10,16,20,23,27,29H,11-12,14H2,1-2H3. The second-order valence-electron chi connectivity index (χ2n) is 8.16. The Labute approximate surface area is 202 Å². The maximum Gasteiger partial charge on any atom is 0.277 e. The lowest BCUT2D eigenvalue weighted by atomic mass is 9.90. The number of carbonyl (C=O) groups is 1. The summed E-state index contributed by atoms with van der Waals surface area (Å²) >= 11 is 0. The normalized spacial score (nSPS) is 21.7. The Hall–Kier alpha value is -3.91. The van der Waals surface area contributed by atoms with Crippen molar-refractivity contribution in [2.24, 2.45) is 0 Å². The Morgan fingerprint density at radius 1 is 1.14 bits per heavy atom. The molecule has 3 unspecified atom stereocenters. The minimum absolute atomic E-state index is 0.114. The molecule has 5 rings (SSSR count). The van der Waals surface area contributed by atoms with Gasteiger partial charge in [0.25, 0.3) is 5.91 Å². The average molecular weight is 476 g/mol. The van der Waals surface area contributed by atoms with Gasteiger partial charge in [-0.15, -0.1) is 0 Å². The highest BCUT2D eigenvalue weighted by atomic mass is 16.5. The molecule has 1 fully saturated rings. The molecule has 3 atom stereocenters. The fourth-order valence-electron chi connectivity index (χ4n) is 4.50. The van der Waals surface area contributed by atoms with Gasteiger partial charge in [0.2, 0.25) is 5.89 Å². The van der Waals surface area contributed by atoms with Gasteiger partial charge in [0.1, 0.15) is 23.5 Å². The summed E-state index contributed by atoms with van der Waals surface area (Å²) < 4.78 is 22.2. The summed E-state index contributed by atoms with van der Waals surface area (Å²) in [5.41, 5.74) is 5.77. The van der Waals surface area contributed by atoms with Crippen molar-refractivity contribution in [3.05, 3.63) is 65.7 Å². The molecular weight excluding hydrogens is 450 g/mol. The molecule has 35 heavy (non-hydrogen) atoms. The van der Waals surface area contributed by atoms with Crippen molar-refractivity contribution >= 4 is 22.6 Å². The predicted molar refractivity (Wildman–Crippen MR) is 126 cm³/mol. The van der Waals surface area contributed by atoms with Gasteiger partial charge in [-0.25, -0.2) is 15.4 Å². The number of hydrazine groups is 1. The van der Waals surface area contributed by atoms with Crippen LogP contribution in [0.15, 0.2) is 58.6 Å². The maximum absolute atomic E-state index is 13.8. The molecule has 0 saturated carbocycles. The van der Waals surface area contributed by atoms with Crippen LogP contribution in [0.1, 0.15) is 17.4 Å². The van der Waals surface area contributed by atoms with E-state index in [4.69, 9.17) is 18.6 Å². The molecule has 3 heterocycles. The van der Waals surface area contributed by atoms with E-state index >= 15 is 0 Å². The quantitative estimate of drug-likeness (QED) is 0.472. The molecule has 2 aliphatic heterocycles. The van der Waals surface area contributed by atoms with E-state index in [9.17, 15) is 10.1 Å². The van der Waals surface area contributed by atoms with Gasteiger partial charge in [-0.05, 0) is 17.7 Å². The summed E-state index contributed by atoms with van der Waals surface area (Å²) in [5.74, 6) is 0.0232. The second kappa shape index (κ2) is 9.76. The van der Waals surface area contributed by atoms with Gasteiger partial charge in [-0.2, -0.15) is 5.26 Å². The number of hydrogen-bond donors (Lipinski definition) is 2. The van der Waals surface area contributed by atoms with Crippen LogP contribution in [0.2, 0.25) is 0 Å². The van der Waals surface area contributed by atoms with Gasteiger partial charge in [-0.3, -0.25) is 4.79 Å². The molecule has 1 saturated heterocycles. The zero-order valence-electron chi connectivity index (χ0n) is 19.4. The minimum Gasteiger partial charge on any atom is -0.494 e. The van der Waals surface area contributed by atoms with Crippen LogP contribution in [0.25, 0.3) is 16.7 Å². The van der Waals surface area contributed by atoms with Crippen LogP contribution >= 0.6 is 0 Å². The molecule has 10 nitrogen and oxygen atoms in total. The fourth-order valence-corrected chi connectivity index (χ4v) is 4.50. The number of amides is 1. The predicted octanol–water partition coefficient (Wildman–Crippen LogP) is 2.16. The number of ether oxygens (including phenoxy) is 3. The number of rotatable bonds is 8. The number of oxazole rings is 1. The van der Waals surface area contributed by atoms with E-state index in [1.165, 1.54) is 5.01 Å². The smallest absolute Gasteiger partial charge is 0.277 e. The molecule has 0 radical (unpaired) electrons. The third-order valence-corrected chi connectivity index (χ3v) is 6.13. The van der Waals surface area contributed by atoms with Gasteiger partial charge in [0.05, 0.1) is 44.6 Å². The lowest BCUT2D eigenvalue weighted by Gasteiger charge is -2.35. The summed E-state index contributed by atoms with van der Waals surface area (Å²) in [4.78, 5) is 18.4. The highest BCUT2D eigenvalue weighted by Gasteiger charge is 2.50. The fraction of sp³-hybridized carbons (Fsp3) is 0.320. The lowest BCUT2D eigenvalue weighted by molar-refractivity contribution is -0.130. The van der Waals surface area contributed by atoms with E-state index in [1.807, 2.05) is 30.3 Å². The van der Waals surface area contributed by atoms with Gasteiger partial charge < -0.3 is 23.9 Å². The monoisotopic (exact) mass is 475 g/mol. The minimum atomic E-state index is -0.613. The van der Waals surface area contributed by atoms with E-state index in [0.717, 1.165) is 5.56 Å². The summed E-state index contributed by atoms with van der Waals surface area (Å²) in [6.07, 6.45) is -0.502. The maximum atomic E-state index is 13.8. The van der Waals surface area contributed by atoms with Crippen molar-refractivity contribution < 1.29 is 23.4 Å². The molecule has 10 heteroatoms. The Morgan fingerprint density at radius 2 is 1.97 bits per heavy atom. The van der Waals surface area contributed by atoms with Gasteiger partial charge >= 0.3 is 0 Å². The Kier molecular flexibility index (Phi) is 6.37. The Morgan fingerprint density at radius 3 is 2.71 bits per heavy atom. The molecule has 1 amide bonds. The van der Waals surface area contributed by atoms with Crippen LogP contribution in [-0.2, 0) is 14.3 Å². The van der Waals surface area contributed by atoms with Crippen molar-refractivity contribution in [3.8, 4) is 11.8 Å². The van der Waals surface area contributed by atoms with Crippen LogP contribution in [0, 0.1) is 11.3 Å². The van der Waals surface area contributed by atoms with Crippen molar-refractivity contribution in [2.75, 3.05) is 34.0 Å². The number of para-hydroxylation sites is 1. The molecule has 0 spiro atoms. The van der Waals surface area contributed by atoms with Crippen molar-refractivity contribution in [3.63, 3.8) is 0 Å². The first kappa shape index (κ1) is 22.9. The number of methoxy groups -OCH3 is 2. The zero-order valence-corrected chi connectivity index (χ0v) is 19.4. The first-order valence-corrected chi connectivity index (χ1v) is 11.2. The second-order valence-corrected chi connectivity index (χ2v) is 8.16. The van der Waals surface area contributed by atoms with E-state index in [0.29, 0.717) is 35.8 Å². The third-order valence-electron chi connectivity index (χ3n) is 6.13. The van der Waals surface area contributed by atoms with E-state index in [2.05, 4.69) is 21.8 Å². The van der Waals surface area contributed by atoms with Gasteiger partial charge in [-0.1, -0.05) is 36.4 Å². The molecule has 2 aromatic carbocycles. The SMILES string of the molecule is COCCOCC1=C(c2nc3c(OC)cccc3o2)C(=O)N2NC(C#N)C(c3ccccc3)C2N1. The average Bonchev–Trinajstić information content (AvgIpc) is 3.48. The van der Waals surface area contributed by atoms with Crippen LogP contribution in [0.5, 0.6) is 5.75 Å². The first-order valence-electron chi connectivity index (χ1n) is 11.2. The number of carbonyl (C=O) groups excluding carboxylic acids is 1. The summed E-state index contributed by atoms with van der Waals surface area (Å²) in [6.45, 7) is 0.875. The van der Waals surface area contributed by atoms with E-state index in [1.54, 1.807) is 32.4 Å². The number of fused-ring (bicyclic) bond motifs is 2. The number of nitriles is 1. The number of nitrogens with one attached hydrogen (secondary N) is 2.